The van der Waals surface area contributed by atoms with Gasteiger partial charge in [-0.15, -0.1) is 0 Å². The summed E-state index contributed by atoms with van der Waals surface area (Å²) in [5.74, 6) is 0. The van der Waals surface area contributed by atoms with Crippen LogP contribution in [0.4, 0.5) is 4.79 Å². The van der Waals surface area contributed by atoms with Crippen molar-refractivity contribution in [1.29, 1.82) is 0 Å². The maximum Gasteiger partial charge on any atom is 0.326 e. The average molecular weight is 195 g/mol. The molecule has 5 heteroatoms. The molecule has 0 unspecified atom stereocenters. The van der Waals surface area contributed by atoms with Gasteiger partial charge in [0.05, 0.1) is 5.60 Å². The van der Waals surface area contributed by atoms with Crippen LogP contribution < -0.4 is 5.32 Å². The molecule has 0 spiro atoms. The SMILES string of the molecule is O=C(NCC1(O)CCC1)n1ccnc1. The lowest BCUT2D eigenvalue weighted by Gasteiger charge is -2.36. The first-order chi connectivity index (χ1) is 6.70. The van der Waals surface area contributed by atoms with E-state index in [1.807, 2.05) is 0 Å². The third kappa shape index (κ3) is 1.77. The van der Waals surface area contributed by atoms with Gasteiger partial charge in [0, 0.05) is 18.9 Å². The van der Waals surface area contributed by atoms with Crippen molar-refractivity contribution in [3.8, 4) is 0 Å². The van der Waals surface area contributed by atoms with Crippen molar-refractivity contribution in [3.05, 3.63) is 18.7 Å². The van der Waals surface area contributed by atoms with Crippen molar-refractivity contribution >= 4 is 6.03 Å². The summed E-state index contributed by atoms with van der Waals surface area (Å²) in [5.41, 5.74) is -0.670. The Labute approximate surface area is 81.8 Å². The molecule has 2 rings (SSSR count). The number of nitrogens with zero attached hydrogens (tertiary/aromatic N) is 2. The molecule has 0 radical (unpaired) electrons. The van der Waals surface area contributed by atoms with E-state index in [4.69, 9.17) is 0 Å². The van der Waals surface area contributed by atoms with Gasteiger partial charge in [-0.25, -0.2) is 9.78 Å². The molecule has 0 atom stereocenters. The molecule has 1 saturated carbocycles. The standard InChI is InChI=1S/C9H13N3O2/c13-8(12-5-4-10-7-12)11-6-9(14)2-1-3-9/h4-5,7,14H,1-3,6H2,(H,11,13). The van der Waals surface area contributed by atoms with Gasteiger partial charge >= 0.3 is 6.03 Å². The highest BCUT2D eigenvalue weighted by atomic mass is 16.3. The maximum atomic E-state index is 11.4. The molecule has 0 aromatic carbocycles. The van der Waals surface area contributed by atoms with Crippen molar-refractivity contribution in [2.24, 2.45) is 0 Å². The monoisotopic (exact) mass is 195 g/mol. The van der Waals surface area contributed by atoms with Gasteiger partial charge in [-0.3, -0.25) is 4.57 Å². The van der Waals surface area contributed by atoms with Crippen molar-refractivity contribution in [1.82, 2.24) is 14.9 Å². The summed E-state index contributed by atoms with van der Waals surface area (Å²) in [6, 6.07) is -0.247. The lowest BCUT2D eigenvalue weighted by molar-refractivity contribution is -0.0289. The van der Waals surface area contributed by atoms with Crippen LogP contribution in [0.2, 0.25) is 0 Å². The van der Waals surface area contributed by atoms with Crippen molar-refractivity contribution < 1.29 is 9.90 Å². The van der Waals surface area contributed by atoms with E-state index >= 15 is 0 Å². The van der Waals surface area contributed by atoms with Gasteiger partial charge in [-0.2, -0.15) is 0 Å². The Morgan fingerprint density at radius 3 is 2.93 bits per heavy atom. The number of hydrogen-bond acceptors (Lipinski definition) is 3. The Morgan fingerprint density at radius 2 is 2.43 bits per heavy atom. The van der Waals surface area contributed by atoms with Crippen molar-refractivity contribution in [2.45, 2.75) is 24.9 Å². The summed E-state index contributed by atoms with van der Waals surface area (Å²) in [6.45, 7) is 0.323. The van der Waals surface area contributed by atoms with Gasteiger partial charge < -0.3 is 10.4 Å². The second-order valence-corrected chi connectivity index (χ2v) is 3.71. The molecular formula is C9H13N3O2. The molecule has 76 valence electrons. The van der Waals surface area contributed by atoms with Crippen molar-refractivity contribution in [3.63, 3.8) is 0 Å². The van der Waals surface area contributed by atoms with E-state index in [-0.39, 0.29) is 6.03 Å². The van der Waals surface area contributed by atoms with Crippen LogP contribution in [-0.4, -0.2) is 32.8 Å². The molecule has 0 aliphatic heterocycles. The zero-order chi connectivity index (χ0) is 10.0. The number of aliphatic hydroxyl groups is 1. The zero-order valence-corrected chi connectivity index (χ0v) is 7.81. The lowest BCUT2D eigenvalue weighted by atomic mass is 9.80. The fourth-order valence-electron chi connectivity index (χ4n) is 1.47. The van der Waals surface area contributed by atoms with Crippen LogP contribution in [0.25, 0.3) is 0 Å². The van der Waals surface area contributed by atoms with Crippen LogP contribution in [0.15, 0.2) is 18.7 Å². The minimum absolute atomic E-state index is 0.247. The molecule has 1 aromatic heterocycles. The third-order valence-electron chi connectivity index (χ3n) is 2.59. The fraction of sp³-hybridized carbons (Fsp3) is 0.556. The van der Waals surface area contributed by atoms with E-state index in [1.54, 1.807) is 6.20 Å². The second kappa shape index (κ2) is 3.42. The molecule has 1 aliphatic rings. The highest BCUT2D eigenvalue weighted by Gasteiger charge is 2.34. The summed E-state index contributed by atoms with van der Waals surface area (Å²) in [6.07, 6.45) is 7.13. The van der Waals surface area contributed by atoms with Gasteiger partial charge in [0.2, 0.25) is 0 Å². The van der Waals surface area contributed by atoms with E-state index < -0.39 is 5.60 Å². The minimum Gasteiger partial charge on any atom is -0.388 e. The van der Waals surface area contributed by atoms with Crippen LogP contribution >= 0.6 is 0 Å². The predicted octanol–water partition coefficient (Wildman–Crippen LogP) is 0.356. The van der Waals surface area contributed by atoms with Crippen LogP contribution in [0, 0.1) is 0 Å². The van der Waals surface area contributed by atoms with E-state index in [1.165, 1.54) is 17.1 Å². The summed E-state index contributed by atoms with van der Waals surface area (Å²) < 4.78 is 1.35. The first-order valence-electron chi connectivity index (χ1n) is 4.68. The van der Waals surface area contributed by atoms with Gasteiger partial charge in [0.15, 0.2) is 0 Å². The quantitative estimate of drug-likeness (QED) is 0.715. The fourth-order valence-corrected chi connectivity index (χ4v) is 1.47. The number of rotatable bonds is 2. The number of carbonyl (C=O) groups is 1. The molecule has 14 heavy (non-hydrogen) atoms. The van der Waals surface area contributed by atoms with E-state index in [0.29, 0.717) is 6.54 Å². The highest BCUT2D eigenvalue weighted by molar-refractivity contribution is 5.76. The number of imidazole rings is 1. The average Bonchev–Trinajstić information content (AvgIpc) is 2.63. The Kier molecular flexibility index (Phi) is 2.25. The Hall–Kier alpha value is -1.36. The molecule has 1 amide bonds. The minimum atomic E-state index is -0.670. The smallest absolute Gasteiger partial charge is 0.326 e. The van der Waals surface area contributed by atoms with E-state index in [0.717, 1.165) is 19.3 Å². The molecule has 1 heterocycles. The number of carbonyl (C=O) groups excluding carboxylic acids is 1. The van der Waals surface area contributed by atoms with Crippen LogP contribution in [0.1, 0.15) is 19.3 Å². The van der Waals surface area contributed by atoms with Gasteiger partial charge in [-0.1, -0.05) is 0 Å². The maximum absolute atomic E-state index is 11.4. The lowest BCUT2D eigenvalue weighted by Crippen LogP contribution is -2.48. The topological polar surface area (TPSA) is 67.2 Å². The zero-order valence-electron chi connectivity index (χ0n) is 7.81. The molecule has 0 bridgehead atoms. The number of aromatic nitrogens is 2. The third-order valence-corrected chi connectivity index (χ3v) is 2.59. The van der Waals surface area contributed by atoms with Crippen molar-refractivity contribution in [2.75, 3.05) is 6.54 Å². The van der Waals surface area contributed by atoms with Gasteiger partial charge in [0.25, 0.3) is 0 Å². The summed E-state index contributed by atoms with van der Waals surface area (Å²) >= 11 is 0. The molecule has 1 aromatic rings. The Morgan fingerprint density at radius 1 is 1.64 bits per heavy atom. The summed E-state index contributed by atoms with van der Waals surface area (Å²) in [7, 11) is 0. The molecule has 5 nitrogen and oxygen atoms in total. The van der Waals surface area contributed by atoms with E-state index in [9.17, 15) is 9.90 Å². The van der Waals surface area contributed by atoms with Gasteiger partial charge in [0.1, 0.15) is 6.33 Å². The predicted molar refractivity (Wildman–Crippen MR) is 49.8 cm³/mol. The normalized spacial score (nSPS) is 18.6. The van der Waals surface area contributed by atoms with Crippen LogP contribution in [-0.2, 0) is 0 Å². The molecule has 1 aliphatic carbocycles. The molecule has 2 N–H and O–H groups in total. The van der Waals surface area contributed by atoms with Crippen LogP contribution in [0.5, 0.6) is 0 Å². The molecule has 0 saturated heterocycles. The van der Waals surface area contributed by atoms with Gasteiger partial charge in [-0.05, 0) is 19.3 Å². The second-order valence-electron chi connectivity index (χ2n) is 3.71. The number of nitrogens with one attached hydrogen (secondary N) is 1. The first kappa shape index (κ1) is 9.21. The highest BCUT2D eigenvalue weighted by Crippen LogP contribution is 2.30. The molecule has 1 fully saturated rings. The Bertz CT molecular complexity index is 317. The number of hydrogen-bond donors (Lipinski definition) is 2. The molecular weight excluding hydrogens is 182 g/mol. The summed E-state index contributed by atoms with van der Waals surface area (Å²) in [4.78, 5) is 15.2. The summed E-state index contributed by atoms with van der Waals surface area (Å²) in [5, 5.41) is 12.4. The first-order valence-corrected chi connectivity index (χ1v) is 4.68. The largest absolute Gasteiger partial charge is 0.388 e. The Balaban J connectivity index is 1.84. The number of amides is 1. The van der Waals surface area contributed by atoms with E-state index in [2.05, 4.69) is 10.3 Å². The van der Waals surface area contributed by atoms with Crippen LogP contribution in [0.3, 0.4) is 0 Å².